The van der Waals surface area contributed by atoms with Gasteiger partial charge in [-0.25, -0.2) is 0 Å². The number of halogens is 1. The third-order valence-corrected chi connectivity index (χ3v) is 5.43. The molecule has 0 spiro atoms. The molecule has 3 aromatic carbocycles. The zero-order chi connectivity index (χ0) is 16.0. The molecule has 1 amide bonds. The van der Waals surface area contributed by atoms with Crippen LogP contribution in [0.1, 0.15) is 16.7 Å². The summed E-state index contributed by atoms with van der Waals surface area (Å²) in [5.41, 5.74) is 4.51. The van der Waals surface area contributed by atoms with Gasteiger partial charge >= 0.3 is 0 Å². The SMILES string of the molecule is Cc1c(Br)ccc2c1N(Cc1cccc3ccccc13)C(=O)C2. The lowest BCUT2D eigenvalue weighted by atomic mass is 10.0. The number of benzene rings is 3. The first kappa shape index (κ1) is 14.5. The van der Waals surface area contributed by atoms with Gasteiger partial charge in [0, 0.05) is 4.47 Å². The van der Waals surface area contributed by atoms with Crippen LogP contribution < -0.4 is 4.90 Å². The van der Waals surface area contributed by atoms with E-state index < -0.39 is 0 Å². The molecule has 0 atom stereocenters. The van der Waals surface area contributed by atoms with Crippen LogP contribution in [-0.4, -0.2) is 5.91 Å². The molecule has 1 heterocycles. The highest BCUT2D eigenvalue weighted by Gasteiger charge is 2.29. The van der Waals surface area contributed by atoms with Crippen molar-refractivity contribution in [3.63, 3.8) is 0 Å². The van der Waals surface area contributed by atoms with Gasteiger partial charge in [0.1, 0.15) is 0 Å². The summed E-state index contributed by atoms with van der Waals surface area (Å²) in [5.74, 6) is 0.175. The van der Waals surface area contributed by atoms with E-state index >= 15 is 0 Å². The molecule has 0 unspecified atom stereocenters. The van der Waals surface area contributed by atoms with Crippen molar-refractivity contribution < 1.29 is 4.79 Å². The molecule has 0 N–H and O–H groups in total. The molecule has 0 aromatic heterocycles. The first-order valence-electron chi connectivity index (χ1n) is 7.70. The van der Waals surface area contributed by atoms with Crippen LogP contribution in [0.25, 0.3) is 10.8 Å². The number of fused-ring (bicyclic) bond motifs is 2. The van der Waals surface area contributed by atoms with Crippen LogP contribution in [0.2, 0.25) is 0 Å². The minimum absolute atomic E-state index is 0.175. The summed E-state index contributed by atoms with van der Waals surface area (Å²) in [6.07, 6.45) is 0.494. The zero-order valence-corrected chi connectivity index (χ0v) is 14.4. The molecular weight excluding hydrogens is 350 g/mol. The zero-order valence-electron chi connectivity index (χ0n) is 12.8. The monoisotopic (exact) mass is 365 g/mol. The normalized spacial score (nSPS) is 13.7. The van der Waals surface area contributed by atoms with Crippen molar-refractivity contribution in [2.24, 2.45) is 0 Å². The molecule has 0 saturated heterocycles. The predicted octanol–water partition coefficient (Wildman–Crippen LogP) is 5.00. The molecule has 2 nitrogen and oxygen atoms in total. The number of anilines is 1. The molecule has 23 heavy (non-hydrogen) atoms. The van der Waals surface area contributed by atoms with Crippen molar-refractivity contribution >= 4 is 38.3 Å². The molecule has 1 aliphatic heterocycles. The highest BCUT2D eigenvalue weighted by molar-refractivity contribution is 9.10. The van der Waals surface area contributed by atoms with E-state index in [1.807, 2.05) is 29.2 Å². The molecule has 3 aromatic rings. The highest BCUT2D eigenvalue weighted by Crippen LogP contribution is 2.37. The van der Waals surface area contributed by atoms with Crippen molar-refractivity contribution in [2.75, 3.05) is 4.90 Å². The summed E-state index contributed by atoms with van der Waals surface area (Å²) in [6, 6.07) is 18.7. The molecule has 0 saturated carbocycles. The first-order valence-corrected chi connectivity index (χ1v) is 8.49. The smallest absolute Gasteiger partial charge is 0.231 e. The molecule has 0 fully saturated rings. The minimum Gasteiger partial charge on any atom is -0.307 e. The van der Waals surface area contributed by atoms with Gasteiger partial charge in [0.15, 0.2) is 0 Å². The van der Waals surface area contributed by atoms with Gasteiger partial charge in [-0.2, -0.15) is 0 Å². The van der Waals surface area contributed by atoms with E-state index in [0.29, 0.717) is 13.0 Å². The Labute approximate surface area is 143 Å². The topological polar surface area (TPSA) is 20.3 Å². The fourth-order valence-electron chi connectivity index (χ4n) is 3.40. The van der Waals surface area contributed by atoms with E-state index in [-0.39, 0.29) is 5.91 Å². The van der Waals surface area contributed by atoms with Crippen molar-refractivity contribution in [3.8, 4) is 0 Å². The summed E-state index contributed by atoms with van der Waals surface area (Å²) in [6.45, 7) is 2.68. The van der Waals surface area contributed by atoms with Gasteiger partial charge in [-0.05, 0) is 40.5 Å². The lowest BCUT2D eigenvalue weighted by Gasteiger charge is -2.21. The second-order valence-electron chi connectivity index (χ2n) is 5.98. The maximum atomic E-state index is 12.5. The Morgan fingerprint density at radius 1 is 1.04 bits per heavy atom. The van der Waals surface area contributed by atoms with Gasteiger partial charge in [0.25, 0.3) is 0 Å². The molecule has 3 heteroatoms. The molecule has 0 bridgehead atoms. The number of amides is 1. The highest BCUT2D eigenvalue weighted by atomic mass is 79.9. The van der Waals surface area contributed by atoms with Gasteiger partial charge in [-0.1, -0.05) is 64.5 Å². The van der Waals surface area contributed by atoms with Gasteiger partial charge in [0.05, 0.1) is 18.7 Å². The number of carbonyl (C=O) groups excluding carboxylic acids is 1. The Morgan fingerprint density at radius 2 is 1.83 bits per heavy atom. The largest absolute Gasteiger partial charge is 0.307 e. The van der Waals surface area contributed by atoms with Crippen LogP contribution in [0.4, 0.5) is 5.69 Å². The summed E-state index contributed by atoms with van der Waals surface area (Å²) >= 11 is 3.58. The van der Waals surface area contributed by atoms with Gasteiger partial charge in [0.2, 0.25) is 5.91 Å². The third kappa shape index (κ3) is 2.36. The molecule has 0 aliphatic carbocycles. The van der Waals surface area contributed by atoms with Gasteiger partial charge < -0.3 is 4.90 Å². The second-order valence-corrected chi connectivity index (χ2v) is 6.83. The van der Waals surface area contributed by atoms with E-state index in [2.05, 4.69) is 53.2 Å². The van der Waals surface area contributed by atoms with Crippen LogP contribution in [0.5, 0.6) is 0 Å². The Balaban J connectivity index is 1.81. The average Bonchev–Trinajstić information content (AvgIpc) is 2.88. The predicted molar refractivity (Wildman–Crippen MR) is 97.7 cm³/mol. The summed E-state index contributed by atoms with van der Waals surface area (Å²) in [5, 5.41) is 2.42. The molecule has 114 valence electrons. The van der Waals surface area contributed by atoms with Crippen LogP contribution in [-0.2, 0) is 17.8 Å². The van der Waals surface area contributed by atoms with E-state index in [9.17, 15) is 4.79 Å². The fourth-order valence-corrected chi connectivity index (χ4v) is 3.72. The number of nitrogens with zero attached hydrogens (tertiary/aromatic N) is 1. The lowest BCUT2D eigenvalue weighted by molar-refractivity contribution is -0.117. The summed E-state index contributed by atoms with van der Waals surface area (Å²) in [7, 11) is 0. The van der Waals surface area contributed by atoms with Crippen LogP contribution in [0, 0.1) is 6.92 Å². The van der Waals surface area contributed by atoms with Crippen molar-refractivity contribution in [3.05, 3.63) is 75.8 Å². The fraction of sp³-hybridized carbons (Fsp3) is 0.150. The number of hydrogen-bond acceptors (Lipinski definition) is 1. The Hall–Kier alpha value is -2.13. The van der Waals surface area contributed by atoms with E-state index in [0.717, 1.165) is 21.3 Å². The van der Waals surface area contributed by atoms with Crippen molar-refractivity contribution in [2.45, 2.75) is 19.9 Å². The van der Waals surface area contributed by atoms with Crippen molar-refractivity contribution in [1.29, 1.82) is 0 Å². The standard InChI is InChI=1S/C20H16BrNO/c1-13-18(21)10-9-15-11-19(23)22(20(13)15)12-16-7-4-6-14-5-2-3-8-17(14)16/h2-10H,11-12H2,1H3. The second kappa shape index (κ2) is 5.50. The van der Waals surface area contributed by atoms with Gasteiger partial charge in [-0.15, -0.1) is 0 Å². The first-order chi connectivity index (χ1) is 11.1. The van der Waals surface area contributed by atoms with Crippen LogP contribution in [0.3, 0.4) is 0 Å². The van der Waals surface area contributed by atoms with Crippen molar-refractivity contribution in [1.82, 2.24) is 0 Å². The molecule has 1 aliphatic rings. The molecule has 4 rings (SSSR count). The Morgan fingerprint density at radius 3 is 2.70 bits per heavy atom. The average molecular weight is 366 g/mol. The number of carbonyl (C=O) groups is 1. The Kier molecular flexibility index (Phi) is 3.46. The Bertz CT molecular complexity index is 927. The third-order valence-electron chi connectivity index (χ3n) is 4.57. The summed E-state index contributed by atoms with van der Waals surface area (Å²) in [4.78, 5) is 14.5. The number of hydrogen-bond donors (Lipinski definition) is 0. The molecule has 0 radical (unpaired) electrons. The quantitative estimate of drug-likeness (QED) is 0.625. The van der Waals surface area contributed by atoms with E-state index in [1.165, 1.54) is 16.3 Å². The molecular formula is C20H16BrNO. The maximum absolute atomic E-state index is 12.5. The number of rotatable bonds is 2. The maximum Gasteiger partial charge on any atom is 0.231 e. The van der Waals surface area contributed by atoms with E-state index in [1.54, 1.807) is 0 Å². The summed E-state index contributed by atoms with van der Waals surface area (Å²) < 4.78 is 1.05. The lowest BCUT2D eigenvalue weighted by Crippen LogP contribution is -2.26. The van der Waals surface area contributed by atoms with Gasteiger partial charge in [-0.3, -0.25) is 4.79 Å². The van der Waals surface area contributed by atoms with Crippen LogP contribution >= 0.6 is 15.9 Å². The van der Waals surface area contributed by atoms with Crippen LogP contribution in [0.15, 0.2) is 59.1 Å². The minimum atomic E-state index is 0.175. The van der Waals surface area contributed by atoms with E-state index in [4.69, 9.17) is 0 Å².